The first-order valence-corrected chi connectivity index (χ1v) is 5.38. The molecule has 1 heterocycles. The lowest BCUT2D eigenvalue weighted by atomic mass is 10.2. The molecule has 2 rings (SSSR count). The molecule has 18 heavy (non-hydrogen) atoms. The van der Waals surface area contributed by atoms with Crippen molar-refractivity contribution in [3.05, 3.63) is 47.4 Å². The van der Waals surface area contributed by atoms with Crippen molar-refractivity contribution in [2.45, 2.75) is 13.8 Å². The van der Waals surface area contributed by atoms with Crippen molar-refractivity contribution in [1.82, 2.24) is 9.97 Å². The molecule has 5 heteroatoms. The summed E-state index contributed by atoms with van der Waals surface area (Å²) in [5.74, 6) is -0.222. The summed E-state index contributed by atoms with van der Waals surface area (Å²) in [5.41, 5.74) is 1.79. The van der Waals surface area contributed by atoms with E-state index in [-0.39, 0.29) is 5.56 Å². The second kappa shape index (κ2) is 4.83. The van der Waals surface area contributed by atoms with Crippen LogP contribution in [0.2, 0.25) is 0 Å². The molecule has 0 saturated carbocycles. The van der Waals surface area contributed by atoms with E-state index in [0.29, 0.717) is 11.6 Å². The maximum atomic E-state index is 10.8. The number of nitrogens with zero attached hydrogens (tertiary/aromatic N) is 2. The fourth-order valence-corrected chi connectivity index (χ4v) is 1.38. The van der Waals surface area contributed by atoms with Gasteiger partial charge in [0.15, 0.2) is 0 Å². The monoisotopic (exact) mass is 244 g/mol. The summed E-state index contributed by atoms with van der Waals surface area (Å²) < 4.78 is 5.47. The minimum absolute atomic E-state index is 0.171. The van der Waals surface area contributed by atoms with Crippen LogP contribution in [-0.2, 0) is 0 Å². The summed E-state index contributed by atoms with van der Waals surface area (Å²) in [6.07, 6.45) is 1.51. The average Bonchev–Trinajstić information content (AvgIpc) is 2.34. The molecule has 0 aliphatic heterocycles. The van der Waals surface area contributed by atoms with Crippen molar-refractivity contribution in [2.75, 3.05) is 0 Å². The number of hydrogen-bond acceptors (Lipinski definition) is 4. The predicted molar refractivity (Wildman–Crippen MR) is 65.0 cm³/mol. The molecule has 0 amide bonds. The Hall–Kier alpha value is -2.43. The van der Waals surface area contributed by atoms with E-state index in [1.165, 1.54) is 18.3 Å². The Morgan fingerprint density at radius 2 is 2.06 bits per heavy atom. The standard InChI is InChI=1S/C13H12N2O3/c1-8-9(2)15-12(7-14-8)18-11-5-3-4-10(6-11)13(16)17/h3-7H,1-2H3,(H,16,17). The molecule has 1 aromatic heterocycles. The number of aromatic carboxylic acids is 1. The first-order chi connectivity index (χ1) is 8.56. The van der Waals surface area contributed by atoms with E-state index in [1.54, 1.807) is 12.1 Å². The smallest absolute Gasteiger partial charge is 0.335 e. The van der Waals surface area contributed by atoms with Crippen LogP contribution in [-0.4, -0.2) is 21.0 Å². The second-order valence-electron chi connectivity index (χ2n) is 3.81. The number of carbonyl (C=O) groups is 1. The van der Waals surface area contributed by atoms with Gasteiger partial charge in [-0.25, -0.2) is 9.78 Å². The summed E-state index contributed by atoms with van der Waals surface area (Å²) in [5, 5.41) is 8.87. The first-order valence-electron chi connectivity index (χ1n) is 5.38. The summed E-state index contributed by atoms with van der Waals surface area (Å²) in [6, 6.07) is 6.23. The molecule has 0 aliphatic carbocycles. The Bertz CT molecular complexity index is 597. The maximum Gasteiger partial charge on any atom is 0.335 e. The number of rotatable bonds is 3. The van der Waals surface area contributed by atoms with E-state index in [1.807, 2.05) is 13.8 Å². The van der Waals surface area contributed by atoms with Gasteiger partial charge in [-0.2, -0.15) is 0 Å². The van der Waals surface area contributed by atoms with Crippen LogP contribution in [0.4, 0.5) is 0 Å². The lowest BCUT2D eigenvalue weighted by Gasteiger charge is -2.06. The van der Waals surface area contributed by atoms with Gasteiger partial charge in [-0.05, 0) is 32.0 Å². The molecule has 1 N–H and O–H groups in total. The van der Waals surface area contributed by atoms with Gasteiger partial charge in [0.1, 0.15) is 5.75 Å². The van der Waals surface area contributed by atoms with Crippen LogP contribution >= 0.6 is 0 Å². The molecule has 1 aromatic carbocycles. The first kappa shape index (κ1) is 12.0. The van der Waals surface area contributed by atoms with Crippen LogP contribution in [0.1, 0.15) is 21.7 Å². The Kier molecular flexibility index (Phi) is 3.23. The van der Waals surface area contributed by atoms with Crippen molar-refractivity contribution >= 4 is 5.97 Å². The average molecular weight is 244 g/mol. The number of ether oxygens (including phenoxy) is 1. The lowest BCUT2D eigenvalue weighted by Crippen LogP contribution is -1.98. The molecule has 0 aliphatic rings. The number of hydrogen-bond donors (Lipinski definition) is 1. The van der Waals surface area contributed by atoms with Gasteiger partial charge >= 0.3 is 5.97 Å². The largest absolute Gasteiger partial charge is 0.478 e. The van der Waals surface area contributed by atoms with Gasteiger partial charge in [-0.15, -0.1) is 0 Å². The number of aromatic nitrogens is 2. The van der Waals surface area contributed by atoms with E-state index in [4.69, 9.17) is 9.84 Å². The summed E-state index contributed by atoms with van der Waals surface area (Å²) >= 11 is 0. The highest BCUT2D eigenvalue weighted by atomic mass is 16.5. The third-order valence-corrected chi connectivity index (χ3v) is 2.47. The Morgan fingerprint density at radius 3 is 2.72 bits per heavy atom. The molecular weight excluding hydrogens is 232 g/mol. The Labute approximate surface area is 104 Å². The minimum atomic E-state index is -0.994. The molecule has 0 radical (unpaired) electrons. The van der Waals surface area contributed by atoms with Crippen molar-refractivity contribution in [1.29, 1.82) is 0 Å². The third kappa shape index (κ3) is 2.63. The van der Waals surface area contributed by atoms with Crippen molar-refractivity contribution < 1.29 is 14.6 Å². The molecule has 0 atom stereocenters. The van der Waals surface area contributed by atoms with Crippen molar-refractivity contribution in [3.63, 3.8) is 0 Å². The quantitative estimate of drug-likeness (QED) is 0.898. The van der Waals surface area contributed by atoms with Gasteiger partial charge in [0.25, 0.3) is 0 Å². The molecule has 5 nitrogen and oxygen atoms in total. The van der Waals surface area contributed by atoms with E-state index < -0.39 is 5.97 Å². The number of aryl methyl sites for hydroxylation is 2. The molecule has 0 fully saturated rings. The van der Waals surface area contributed by atoms with E-state index >= 15 is 0 Å². The van der Waals surface area contributed by atoms with Gasteiger partial charge in [-0.1, -0.05) is 6.07 Å². The van der Waals surface area contributed by atoms with Crippen LogP contribution in [0.3, 0.4) is 0 Å². The van der Waals surface area contributed by atoms with Crippen LogP contribution in [0.5, 0.6) is 11.6 Å². The Balaban J connectivity index is 2.25. The molecular formula is C13H12N2O3. The lowest BCUT2D eigenvalue weighted by molar-refractivity contribution is 0.0696. The maximum absolute atomic E-state index is 10.8. The van der Waals surface area contributed by atoms with Crippen LogP contribution in [0, 0.1) is 13.8 Å². The highest BCUT2D eigenvalue weighted by molar-refractivity contribution is 5.88. The van der Waals surface area contributed by atoms with E-state index in [9.17, 15) is 4.79 Å². The highest BCUT2D eigenvalue weighted by Gasteiger charge is 2.06. The zero-order valence-corrected chi connectivity index (χ0v) is 10.0. The van der Waals surface area contributed by atoms with Crippen LogP contribution in [0.25, 0.3) is 0 Å². The summed E-state index contributed by atoms with van der Waals surface area (Å²) in [6.45, 7) is 3.69. The number of carboxylic acid groups (broad SMARTS) is 1. The molecule has 0 spiro atoms. The van der Waals surface area contributed by atoms with E-state index in [0.717, 1.165) is 11.4 Å². The van der Waals surface area contributed by atoms with Gasteiger partial charge in [0.2, 0.25) is 5.88 Å². The number of benzene rings is 1. The molecule has 0 saturated heterocycles. The normalized spacial score (nSPS) is 10.1. The number of carboxylic acids is 1. The molecule has 2 aromatic rings. The predicted octanol–water partition coefficient (Wildman–Crippen LogP) is 2.58. The fourth-order valence-electron chi connectivity index (χ4n) is 1.38. The van der Waals surface area contributed by atoms with Gasteiger partial charge in [0.05, 0.1) is 23.1 Å². The zero-order valence-electron chi connectivity index (χ0n) is 10.0. The zero-order chi connectivity index (χ0) is 13.1. The summed E-state index contributed by atoms with van der Waals surface area (Å²) in [7, 11) is 0. The minimum Gasteiger partial charge on any atom is -0.478 e. The van der Waals surface area contributed by atoms with Crippen molar-refractivity contribution in [3.8, 4) is 11.6 Å². The summed E-state index contributed by atoms with van der Waals surface area (Å²) in [4.78, 5) is 19.2. The molecule has 0 unspecified atom stereocenters. The van der Waals surface area contributed by atoms with Crippen LogP contribution < -0.4 is 4.74 Å². The second-order valence-corrected chi connectivity index (χ2v) is 3.81. The van der Waals surface area contributed by atoms with Crippen LogP contribution in [0.15, 0.2) is 30.5 Å². The third-order valence-electron chi connectivity index (χ3n) is 2.47. The highest BCUT2D eigenvalue weighted by Crippen LogP contribution is 2.20. The Morgan fingerprint density at radius 1 is 1.28 bits per heavy atom. The fraction of sp³-hybridized carbons (Fsp3) is 0.154. The van der Waals surface area contributed by atoms with Gasteiger partial charge < -0.3 is 9.84 Å². The van der Waals surface area contributed by atoms with Crippen molar-refractivity contribution in [2.24, 2.45) is 0 Å². The van der Waals surface area contributed by atoms with E-state index in [2.05, 4.69) is 9.97 Å². The topological polar surface area (TPSA) is 72.3 Å². The molecule has 92 valence electrons. The molecule has 0 bridgehead atoms. The van der Waals surface area contributed by atoms with Gasteiger partial charge in [0, 0.05) is 0 Å². The SMILES string of the molecule is Cc1ncc(Oc2cccc(C(=O)O)c2)nc1C. The van der Waals surface area contributed by atoms with Gasteiger partial charge in [-0.3, -0.25) is 4.98 Å².